The van der Waals surface area contributed by atoms with Gasteiger partial charge in [0.15, 0.2) is 0 Å². The van der Waals surface area contributed by atoms with Crippen molar-refractivity contribution in [2.45, 2.75) is 24.7 Å². The molecule has 9 aromatic carbocycles. The van der Waals surface area contributed by atoms with Gasteiger partial charge in [-0.2, -0.15) is 0 Å². The Morgan fingerprint density at radius 3 is 0.882 bits per heavy atom. The number of benzene rings is 9. The summed E-state index contributed by atoms with van der Waals surface area (Å²) in [5.41, 5.74) is -3.75. The van der Waals surface area contributed by atoms with Gasteiger partial charge in [-0.05, 0) is 0 Å². The van der Waals surface area contributed by atoms with Crippen LogP contribution in [-0.4, -0.2) is 17.2 Å². The first-order valence-corrected chi connectivity index (χ1v) is 28.3. The summed E-state index contributed by atoms with van der Waals surface area (Å²) < 4.78 is 113. The fourth-order valence-electron chi connectivity index (χ4n) is 10.2. The minimum atomic E-state index is -5.33. The van der Waals surface area contributed by atoms with Crippen LogP contribution in [0.4, 0.5) is 37.7 Å². The third-order valence-corrected chi connectivity index (χ3v) is 25.1. The molecule has 0 fully saturated rings. The maximum absolute atomic E-state index is 15.0. The van der Waals surface area contributed by atoms with Crippen LogP contribution in [0.2, 0.25) is 0 Å². The second-order valence-corrected chi connectivity index (χ2v) is 26.9. The van der Waals surface area contributed by atoms with Gasteiger partial charge in [-0.3, -0.25) is 0 Å². The number of nitro benzene ring substituents is 2. The SMILES string of the molecule is O=[N+]([O-])c1ccccc1CP(OB(Oc1cc(C(F)(F)F)cc(C(F)(F)F)c1)OP(Cc1ccccc1[N+](=O)[O-])(c1ccccc1)(c1ccccc1)c1ccccc1)(c1ccccc1)(c1ccccc1)c1ccccc1. The van der Waals surface area contributed by atoms with Crippen LogP contribution >= 0.6 is 13.7 Å². The summed E-state index contributed by atoms with van der Waals surface area (Å²) >= 11 is 0. The summed E-state index contributed by atoms with van der Waals surface area (Å²) in [6.45, 7) is -10.6. The van der Waals surface area contributed by atoms with Gasteiger partial charge in [0.2, 0.25) is 0 Å². The topological polar surface area (TPSA) is 114 Å². The van der Waals surface area contributed by atoms with Gasteiger partial charge >= 0.3 is 436 Å². The predicted octanol–water partition coefficient (Wildman–Crippen LogP) is 13.2. The summed E-state index contributed by atoms with van der Waals surface area (Å²) in [5, 5.41) is 28.7. The monoisotopic (exact) mass is 1070 g/mol. The summed E-state index contributed by atoms with van der Waals surface area (Å²) in [7, 11) is -2.42. The van der Waals surface area contributed by atoms with Gasteiger partial charge < -0.3 is 0 Å². The summed E-state index contributed by atoms with van der Waals surface area (Å²) in [4.78, 5) is 25.2. The van der Waals surface area contributed by atoms with Gasteiger partial charge in [0, 0.05) is 0 Å². The molecule has 0 aliphatic rings. The second kappa shape index (κ2) is 21.0. The van der Waals surface area contributed by atoms with Crippen molar-refractivity contribution >= 4 is 64.2 Å². The molecule has 0 N–H and O–H groups in total. The van der Waals surface area contributed by atoms with Crippen molar-refractivity contribution in [1.82, 2.24) is 0 Å². The Kier molecular flexibility index (Phi) is 14.6. The number of hydrogen-bond acceptors (Lipinski definition) is 7. The van der Waals surface area contributed by atoms with Gasteiger partial charge in [0.25, 0.3) is 0 Å². The van der Waals surface area contributed by atoms with Crippen LogP contribution in [0.5, 0.6) is 5.75 Å². The number of halogens is 6. The third-order valence-electron chi connectivity index (χ3n) is 13.6. The van der Waals surface area contributed by atoms with E-state index >= 15 is 0 Å². The zero-order chi connectivity index (χ0) is 53.7. The Hall–Kier alpha value is -8.00. The number of hydrogen-bond donors (Lipinski definition) is 0. The number of nitro groups is 2. The Morgan fingerprint density at radius 2 is 0.632 bits per heavy atom. The minimum absolute atomic E-state index is 0.0253. The molecule has 9 rings (SSSR count). The van der Waals surface area contributed by atoms with Crippen LogP contribution in [0, 0.1) is 20.2 Å². The molecular weight excluding hydrogens is 1020 g/mol. The Balaban J connectivity index is 1.51. The van der Waals surface area contributed by atoms with Crippen LogP contribution in [0.1, 0.15) is 22.3 Å². The molecule has 0 saturated heterocycles. The van der Waals surface area contributed by atoms with Crippen molar-refractivity contribution in [3.05, 3.63) is 291 Å². The fraction of sp³-hybridized carbons (Fsp3) is 0.0690. The predicted molar refractivity (Wildman–Crippen MR) is 289 cm³/mol. The number of rotatable bonds is 18. The van der Waals surface area contributed by atoms with Crippen LogP contribution in [0.3, 0.4) is 0 Å². The second-order valence-electron chi connectivity index (χ2n) is 17.9. The van der Waals surface area contributed by atoms with Crippen molar-refractivity contribution < 1.29 is 49.7 Å². The molecule has 0 saturated carbocycles. The summed E-state index contributed by atoms with van der Waals surface area (Å²) in [6.07, 6.45) is -11.4. The molecule has 0 radical (unpaired) electrons. The van der Waals surface area contributed by atoms with Crippen molar-refractivity contribution in [2.75, 3.05) is 0 Å². The first kappa shape index (κ1) is 52.9. The van der Waals surface area contributed by atoms with Crippen LogP contribution < -0.4 is 36.5 Å². The van der Waals surface area contributed by atoms with E-state index in [1.54, 1.807) is 206 Å². The van der Waals surface area contributed by atoms with Gasteiger partial charge in [0.1, 0.15) is 0 Å². The molecule has 0 aromatic heterocycles. The van der Waals surface area contributed by atoms with Gasteiger partial charge in [-0.1, -0.05) is 0 Å². The van der Waals surface area contributed by atoms with E-state index in [1.165, 1.54) is 24.3 Å². The van der Waals surface area contributed by atoms with Gasteiger partial charge in [-0.25, -0.2) is 0 Å². The Morgan fingerprint density at radius 1 is 0.382 bits per heavy atom. The molecule has 0 unspecified atom stereocenters. The van der Waals surface area contributed by atoms with E-state index in [2.05, 4.69) is 0 Å². The summed E-state index contributed by atoms with van der Waals surface area (Å²) in [5.74, 6) is -0.972. The van der Waals surface area contributed by atoms with Crippen molar-refractivity contribution in [3.8, 4) is 5.75 Å². The fourth-order valence-corrected chi connectivity index (χ4v) is 21.6. The molecule has 0 bridgehead atoms. The molecular formula is C58H45BF6N2O7P2. The first-order valence-electron chi connectivity index (χ1n) is 23.6. The number of nitrogens with zero attached hydrogens (tertiary/aromatic N) is 2. The molecule has 9 nitrogen and oxygen atoms in total. The van der Waals surface area contributed by atoms with E-state index in [0.717, 1.165) is 0 Å². The van der Waals surface area contributed by atoms with E-state index in [4.69, 9.17) is 13.5 Å². The molecule has 0 amide bonds. The van der Waals surface area contributed by atoms with Crippen LogP contribution in [0.15, 0.2) is 249 Å². The Labute approximate surface area is 433 Å². The average Bonchev–Trinajstić information content (AvgIpc) is 3.63. The van der Waals surface area contributed by atoms with E-state index in [9.17, 15) is 46.6 Å². The van der Waals surface area contributed by atoms with E-state index in [1.807, 2.05) is 0 Å². The molecule has 384 valence electrons. The van der Waals surface area contributed by atoms with Gasteiger partial charge in [-0.15, -0.1) is 0 Å². The zero-order valence-corrected chi connectivity index (χ0v) is 41.9. The number of alkyl halides is 6. The molecule has 76 heavy (non-hydrogen) atoms. The molecule has 0 spiro atoms. The van der Waals surface area contributed by atoms with Gasteiger partial charge in [0.05, 0.1) is 0 Å². The molecule has 0 atom stereocenters. The number of para-hydroxylation sites is 2. The third kappa shape index (κ3) is 9.65. The zero-order valence-electron chi connectivity index (χ0n) is 40.1. The van der Waals surface area contributed by atoms with Crippen LogP contribution in [-0.2, 0) is 33.6 Å². The van der Waals surface area contributed by atoms with Crippen LogP contribution in [0.25, 0.3) is 0 Å². The van der Waals surface area contributed by atoms with E-state index in [0.29, 0.717) is 44.0 Å². The molecule has 18 heteroatoms. The molecule has 0 aliphatic carbocycles. The van der Waals surface area contributed by atoms with Crippen molar-refractivity contribution in [2.24, 2.45) is 0 Å². The van der Waals surface area contributed by atoms with Crippen molar-refractivity contribution in [1.29, 1.82) is 0 Å². The normalized spacial score (nSPS) is 13.1. The molecule has 9 aromatic rings. The standard InChI is InChI=1S/C58H45BF6N2O7P2/c60-57(61,62)46-39-47(58(63,64)65)41-48(40-46)72-59(73-75(49-25-7-1-8-26-49,50-27-9-2-10-28-50,51-29-11-3-12-30-51)42-44-23-19-21-37-55(44)66(68)69)74-76(52-31-13-4-14-32-52,53-33-15-5-16-34-53,54-35-17-6-18-36-54)43-45-24-20-22-38-56(45)67(70)71/h1-41H,42-43H2. The van der Waals surface area contributed by atoms with E-state index < -0.39 is 60.1 Å². The molecule has 0 heterocycles. The quantitative estimate of drug-likeness (QED) is 0.0276. The Bertz CT molecular complexity index is 3070. The van der Waals surface area contributed by atoms with E-state index in [-0.39, 0.29) is 40.9 Å². The average molecular weight is 1070 g/mol. The molecule has 0 aliphatic heterocycles. The van der Waals surface area contributed by atoms with Crippen molar-refractivity contribution in [3.63, 3.8) is 0 Å². The first-order chi connectivity index (χ1) is 36.5. The summed E-state index contributed by atoms with van der Waals surface area (Å²) in [6, 6.07) is 64.8. The maximum atomic E-state index is 15.0.